The second-order valence-electron chi connectivity index (χ2n) is 8.26. The van der Waals surface area contributed by atoms with E-state index < -0.39 is 5.82 Å². The third-order valence-corrected chi connectivity index (χ3v) is 6.16. The number of amides is 1. The van der Waals surface area contributed by atoms with Crippen molar-refractivity contribution in [1.29, 1.82) is 0 Å². The molecule has 1 amide bonds. The van der Waals surface area contributed by atoms with Crippen LogP contribution >= 0.6 is 0 Å². The number of para-hydroxylation sites is 1. The lowest BCUT2D eigenvalue weighted by Crippen LogP contribution is -2.36. The number of fused-ring (bicyclic) bond motifs is 2. The standard InChI is InChI=1S/C26H26FN5O4/c1-4-36-13-14-12-29-26(33)20-21(14)32-23(24(20)30-18-7-5-6-16(27)25(18)35-3)15-10-11-28-17-8-9-19(34-2)31-22(15)17/h5-11,14,30,32H,4,12-13H2,1-3H3,(H,29,33). The van der Waals surface area contributed by atoms with Crippen LogP contribution in [0, 0.1) is 5.82 Å². The quantitative estimate of drug-likeness (QED) is 0.335. The van der Waals surface area contributed by atoms with Crippen molar-refractivity contribution in [3.8, 4) is 22.9 Å². The Labute approximate surface area is 207 Å². The summed E-state index contributed by atoms with van der Waals surface area (Å²) >= 11 is 0. The normalized spacial score (nSPS) is 14.9. The van der Waals surface area contributed by atoms with Gasteiger partial charge in [0.05, 0.1) is 49.0 Å². The number of aromatic amines is 1. The number of carbonyl (C=O) groups excluding carboxylic acids is 1. The molecule has 10 heteroatoms. The van der Waals surface area contributed by atoms with Crippen molar-refractivity contribution in [2.75, 3.05) is 39.3 Å². The van der Waals surface area contributed by atoms with E-state index in [2.05, 4.69) is 25.6 Å². The molecule has 1 aliphatic rings. The summed E-state index contributed by atoms with van der Waals surface area (Å²) in [7, 11) is 2.94. The highest BCUT2D eigenvalue weighted by Gasteiger charge is 2.33. The Balaban J connectivity index is 1.76. The van der Waals surface area contributed by atoms with Gasteiger partial charge in [-0.05, 0) is 31.2 Å². The summed E-state index contributed by atoms with van der Waals surface area (Å²) < 4.78 is 30.8. The number of anilines is 2. The smallest absolute Gasteiger partial charge is 0.255 e. The predicted molar refractivity (Wildman–Crippen MR) is 134 cm³/mol. The van der Waals surface area contributed by atoms with E-state index >= 15 is 0 Å². The van der Waals surface area contributed by atoms with Crippen LogP contribution < -0.4 is 20.1 Å². The van der Waals surface area contributed by atoms with Gasteiger partial charge in [0.15, 0.2) is 11.6 Å². The van der Waals surface area contributed by atoms with E-state index in [0.29, 0.717) is 64.9 Å². The minimum Gasteiger partial charge on any atom is -0.492 e. The lowest BCUT2D eigenvalue weighted by atomic mass is 9.96. The van der Waals surface area contributed by atoms with Crippen molar-refractivity contribution < 1.29 is 23.4 Å². The van der Waals surface area contributed by atoms with E-state index in [1.165, 1.54) is 13.2 Å². The van der Waals surface area contributed by atoms with Gasteiger partial charge < -0.3 is 29.8 Å². The number of methoxy groups -OCH3 is 2. The highest BCUT2D eigenvalue weighted by Crippen LogP contribution is 2.43. The number of hydrogen-bond donors (Lipinski definition) is 3. The number of rotatable bonds is 8. The van der Waals surface area contributed by atoms with Gasteiger partial charge in [-0.15, -0.1) is 0 Å². The summed E-state index contributed by atoms with van der Waals surface area (Å²) in [5.41, 5.74) is 4.58. The van der Waals surface area contributed by atoms with E-state index in [1.807, 2.05) is 19.1 Å². The van der Waals surface area contributed by atoms with Gasteiger partial charge in [-0.1, -0.05) is 6.07 Å². The van der Waals surface area contributed by atoms with Crippen molar-refractivity contribution in [2.45, 2.75) is 12.8 Å². The Morgan fingerprint density at radius 2 is 2.03 bits per heavy atom. The summed E-state index contributed by atoms with van der Waals surface area (Å²) in [5, 5.41) is 6.21. The summed E-state index contributed by atoms with van der Waals surface area (Å²) in [6.45, 7) is 3.33. The van der Waals surface area contributed by atoms with Crippen LogP contribution in [0.3, 0.4) is 0 Å². The fourth-order valence-electron chi connectivity index (χ4n) is 4.47. The number of carbonyl (C=O) groups is 1. The molecule has 0 spiro atoms. The summed E-state index contributed by atoms with van der Waals surface area (Å²) in [5.74, 6) is -0.395. The van der Waals surface area contributed by atoms with Crippen molar-refractivity contribution >= 4 is 28.3 Å². The first-order chi connectivity index (χ1) is 17.5. The molecule has 0 saturated carbocycles. The number of H-pyrrole nitrogens is 1. The van der Waals surface area contributed by atoms with Gasteiger partial charge in [-0.3, -0.25) is 9.78 Å². The number of benzene rings is 1. The van der Waals surface area contributed by atoms with Crippen LogP contribution in [-0.4, -0.2) is 54.8 Å². The fraction of sp³-hybridized carbons (Fsp3) is 0.269. The first-order valence-electron chi connectivity index (χ1n) is 11.6. The molecule has 1 atom stereocenters. The highest BCUT2D eigenvalue weighted by atomic mass is 19.1. The van der Waals surface area contributed by atoms with Gasteiger partial charge in [0, 0.05) is 42.6 Å². The Kier molecular flexibility index (Phi) is 6.43. The van der Waals surface area contributed by atoms with Gasteiger partial charge in [0.25, 0.3) is 5.91 Å². The van der Waals surface area contributed by atoms with E-state index in [4.69, 9.17) is 14.2 Å². The molecule has 5 rings (SSSR count). The number of nitrogens with zero attached hydrogens (tertiary/aromatic N) is 2. The zero-order valence-corrected chi connectivity index (χ0v) is 20.1. The molecule has 36 heavy (non-hydrogen) atoms. The van der Waals surface area contributed by atoms with Gasteiger partial charge in [-0.25, -0.2) is 9.37 Å². The Bertz CT molecular complexity index is 1440. The molecule has 9 nitrogen and oxygen atoms in total. The first kappa shape index (κ1) is 23.6. The second kappa shape index (κ2) is 9.82. The summed E-state index contributed by atoms with van der Waals surface area (Å²) in [4.78, 5) is 25.7. The number of halogens is 1. The average molecular weight is 492 g/mol. The molecular weight excluding hydrogens is 465 g/mol. The molecule has 0 fully saturated rings. The van der Waals surface area contributed by atoms with Crippen molar-refractivity contribution in [2.24, 2.45) is 0 Å². The minimum absolute atomic E-state index is 0.0415. The largest absolute Gasteiger partial charge is 0.492 e. The topological polar surface area (TPSA) is 110 Å². The third kappa shape index (κ3) is 4.09. The van der Waals surface area contributed by atoms with Crippen LogP contribution in [0.1, 0.15) is 28.9 Å². The number of nitrogens with one attached hydrogen (secondary N) is 3. The molecular formula is C26H26FN5O4. The van der Waals surface area contributed by atoms with Gasteiger partial charge >= 0.3 is 0 Å². The zero-order chi connectivity index (χ0) is 25.2. The SMILES string of the molecule is CCOCC1CNC(=O)c2c1[nH]c(-c1ccnc3ccc(OC)nc13)c2Nc1cccc(F)c1OC. The van der Waals surface area contributed by atoms with Gasteiger partial charge in [0.2, 0.25) is 5.88 Å². The minimum atomic E-state index is -0.520. The van der Waals surface area contributed by atoms with Crippen LogP contribution in [0.25, 0.3) is 22.3 Å². The van der Waals surface area contributed by atoms with Crippen molar-refractivity contribution in [1.82, 2.24) is 20.3 Å². The fourth-order valence-corrected chi connectivity index (χ4v) is 4.47. The number of aromatic nitrogens is 3. The maximum atomic E-state index is 14.5. The molecule has 0 radical (unpaired) electrons. The molecule has 0 saturated heterocycles. The lowest BCUT2D eigenvalue weighted by Gasteiger charge is -2.23. The zero-order valence-electron chi connectivity index (χ0n) is 20.1. The Morgan fingerprint density at radius 3 is 2.81 bits per heavy atom. The second-order valence-corrected chi connectivity index (χ2v) is 8.26. The molecule has 1 aliphatic heterocycles. The average Bonchev–Trinajstić information content (AvgIpc) is 3.27. The number of ether oxygens (including phenoxy) is 3. The molecule has 0 bridgehead atoms. The van der Waals surface area contributed by atoms with Crippen molar-refractivity contribution in [3.05, 3.63) is 59.7 Å². The Hall–Kier alpha value is -4.18. The maximum Gasteiger partial charge on any atom is 0.255 e. The lowest BCUT2D eigenvalue weighted by molar-refractivity contribution is 0.0908. The molecule has 186 valence electrons. The van der Waals surface area contributed by atoms with Crippen molar-refractivity contribution in [3.63, 3.8) is 0 Å². The van der Waals surface area contributed by atoms with Crippen LogP contribution in [-0.2, 0) is 4.74 Å². The van der Waals surface area contributed by atoms with E-state index in [9.17, 15) is 9.18 Å². The summed E-state index contributed by atoms with van der Waals surface area (Å²) in [6.07, 6.45) is 1.68. The maximum absolute atomic E-state index is 14.5. The Morgan fingerprint density at radius 1 is 1.17 bits per heavy atom. The predicted octanol–water partition coefficient (Wildman–Crippen LogP) is 4.39. The van der Waals surface area contributed by atoms with E-state index in [-0.39, 0.29) is 17.6 Å². The molecule has 4 aromatic rings. The van der Waals surface area contributed by atoms with Crippen LogP contribution in [0.4, 0.5) is 15.8 Å². The number of hydrogen-bond acceptors (Lipinski definition) is 7. The third-order valence-electron chi connectivity index (χ3n) is 6.16. The molecule has 0 aliphatic carbocycles. The molecule has 1 aromatic carbocycles. The highest BCUT2D eigenvalue weighted by molar-refractivity contribution is 6.08. The van der Waals surface area contributed by atoms with Gasteiger partial charge in [-0.2, -0.15) is 0 Å². The molecule has 1 unspecified atom stereocenters. The molecule has 3 aromatic heterocycles. The number of pyridine rings is 2. The van der Waals surface area contributed by atoms with Crippen LogP contribution in [0.2, 0.25) is 0 Å². The molecule has 4 heterocycles. The van der Waals surface area contributed by atoms with Gasteiger partial charge in [0.1, 0.15) is 5.52 Å². The monoisotopic (exact) mass is 491 g/mol. The molecule has 3 N–H and O–H groups in total. The van der Waals surface area contributed by atoms with Crippen LogP contribution in [0.15, 0.2) is 42.6 Å². The first-order valence-corrected chi connectivity index (χ1v) is 11.6. The summed E-state index contributed by atoms with van der Waals surface area (Å²) in [6, 6.07) is 9.95. The van der Waals surface area contributed by atoms with Crippen LogP contribution in [0.5, 0.6) is 11.6 Å². The van der Waals surface area contributed by atoms with E-state index in [1.54, 1.807) is 31.5 Å². The van der Waals surface area contributed by atoms with E-state index in [0.717, 1.165) is 5.69 Å².